The molecule has 0 unspecified atom stereocenters. The first-order chi connectivity index (χ1) is 12.7. The molecule has 1 amide bonds. The number of amides is 1. The summed E-state index contributed by atoms with van der Waals surface area (Å²) in [6.45, 7) is 7.08. The van der Waals surface area contributed by atoms with Crippen molar-refractivity contribution in [3.8, 4) is 11.3 Å². The first-order valence-electron chi connectivity index (χ1n) is 9.12. The zero-order valence-corrected chi connectivity index (χ0v) is 15.1. The molecule has 6 heteroatoms. The number of ether oxygens (including phenoxy) is 1. The van der Waals surface area contributed by atoms with Crippen molar-refractivity contribution >= 4 is 17.3 Å². The van der Waals surface area contributed by atoms with Crippen molar-refractivity contribution in [3.05, 3.63) is 42.1 Å². The van der Waals surface area contributed by atoms with Crippen LogP contribution in [0.25, 0.3) is 11.3 Å². The Bertz CT molecular complexity index is 802. The van der Waals surface area contributed by atoms with Crippen molar-refractivity contribution in [3.63, 3.8) is 0 Å². The van der Waals surface area contributed by atoms with Gasteiger partial charge in [0, 0.05) is 68.3 Å². The molecular formula is C20H24N4O2. The number of hydrogen-bond donors (Lipinski definition) is 1. The summed E-state index contributed by atoms with van der Waals surface area (Å²) in [5.41, 5.74) is 5.38. The first-order valence-corrected chi connectivity index (χ1v) is 9.12. The fourth-order valence-corrected chi connectivity index (χ4v) is 3.49. The molecule has 2 aromatic rings. The molecule has 1 N–H and O–H groups in total. The van der Waals surface area contributed by atoms with E-state index in [1.807, 2.05) is 11.1 Å². The second-order valence-corrected chi connectivity index (χ2v) is 6.74. The van der Waals surface area contributed by atoms with Gasteiger partial charge in [-0.1, -0.05) is 12.1 Å². The van der Waals surface area contributed by atoms with Gasteiger partial charge in [0.15, 0.2) is 0 Å². The van der Waals surface area contributed by atoms with Gasteiger partial charge in [-0.3, -0.25) is 9.78 Å². The molecule has 0 atom stereocenters. The van der Waals surface area contributed by atoms with E-state index in [9.17, 15) is 4.79 Å². The highest BCUT2D eigenvalue weighted by Gasteiger charge is 2.17. The third-order valence-corrected chi connectivity index (χ3v) is 5.01. The number of morpholine rings is 1. The Kier molecular flexibility index (Phi) is 4.75. The van der Waals surface area contributed by atoms with E-state index in [1.165, 1.54) is 5.69 Å². The Morgan fingerprint density at radius 3 is 2.85 bits per heavy atom. The number of rotatable bonds is 2. The van der Waals surface area contributed by atoms with Crippen molar-refractivity contribution < 1.29 is 9.53 Å². The lowest BCUT2D eigenvalue weighted by atomic mass is 10.1. The summed E-state index contributed by atoms with van der Waals surface area (Å²) in [4.78, 5) is 20.6. The predicted molar refractivity (Wildman–Crippen MR) is 102 cm³/mol. The molecule has 6 nitrogen and oxygen atoms in total. The number of hydrogen-bond acceptors (Lipinski definition) is 5. The quantitative estimate of drug-likeness (QED) is 0.899. The highest BCUT2D eigenvalue weighted by Crippen LogP contribution is 2.28. The number of benzene rings is 1. The summed E-state index contributed by atoms with van der Waals surface area (Å²) < 4.78 is 5.45. The number of carbonyl (C=O) groups excluding carboxylic acids is 1. The summed E-state index contributed by atoms with van der Waals surface area (Å²) >= 11 is 0. The topological polar surface area (TPSA) is 57.7 Å². The van der Waals surface area contributed by atoms with Gasteiger partial charge in [0.1, 0.15) is 0 Å². The van der Waals surface area contributed by atoms with Crippen LogP contribution in [0.5, 0.6) is 0 Å². The maximum atomic E-state index is 11.7. The lowest BCUT2D eigenvalue weighted by molar-refractivity contribution is -0.129. The smallest absolute Gasteiger partial charge is 0.219 e. The Labute approximate surface area is 153 Å². The van der Waals surface area contributed by atoms with Crippen molar-refractivity contribution in [2.45, 2.75) is 13.5 Å². The SMILES string of the molecule is CC(=O)N1CCNc2cc(-c3cccc(N4CCOCC4)c3)ncc2C1. The number of nitrogens with one attached hydrogen (secondary N) is 1. The van der Waals surface area contributed by atoms with Crippen LogP contribution < -0.4 is 10.2 Å². The fourth-order valence-electron chi connectivity index (χ4n) is 3.49. The maximum Gasteiger partial charge on any atom is 0.219 e. The van der Waals surface area contributed by atoms with Gasteiger partial charge < -0.3 is 19.9 Å². The molecule has 1 saturated heterocycles. The van der Waals surface area contributed by atoms with Gasteiger partial charge in [-0.15, -0.1) is 0 Å². The summed E-state index contributed by atoms with van der Waals surface area (Å²) in [6.07, 6.45) is 1.89. The Hall–Kier alpha value is -2.60. The molecule has 0 bridgehead atoms. The van der Waals surface area contributed by atoms with Crippen molar-refractivity contribution in [1.29, 1.82) is 0 Å². The Balaban J connectivity index is 1.61. The predicted octanol–water partition coefficient (Wildman–Crippen LogP) is 2.36. The van der Waals surface area contributed by atoms with Crippen LogP contribution in [-0.2, 0) is 16.1 Å². The fraction of sp³-hybridized carbons (Fsp3) is 0.400. The summed E-state index contributed by atoms with van der Waals surface area (Å²) in [5, 5.41) is 3.44. The number of pyridine rings is 1. The molecule has 1 aromatic heterocycles. The molecule has 0 aliphatic carbocycles. The molecule has 0 radical (unpaired) electrons. The molecule has 26 heavy (non-hydrogen) atoms. The molecular weight excluding hydrogens is 328 g/mol. The molecule has 1 aromatic carbocycles. The maximum absolute atomic E-state index is 11.7. The summed E-state index contributed by atoms with van der Waals surface area (Å²) in [6, 6.07) is 10.6. The standard InChI is InChI=1S/C20H24N4O2/c1-15(25)24-6-5-21-20-12-19(22-13-17(20)14-24)16-3-2-4-18(11-16)23-7-9-26-10-8-23/h2-4,11-13,21H,5-10,14H2,1H3. The average molecular weight is 352 g/mol. The lowest BCUT2D eigenvalue weighted by Crippen LogP contribution is -2.36. The van der Waals surface area contributed by atoms with Gasteiger partial charge in [0.05, 0.1) is 18.9 Å². The zero-order valence-electron chi connectivity index (χ0n) is 15.1. The van der Waals surface area contributed by atoms with E-state index in [4.69, 9.17) is 4.74 Å². The van der Waals surface area contributed by atoms with Crippen molar-refractivity contribution in [1.82, 2.24) is 9.88 Å². The largest absolute Gasteiger partial charge is 0.383 e. The normalized spacial score (nSPS) is 17.3. The zero-order chi connectivity index (χ0) is 17.9. The van der Waals surface area contributed by atoms with Gasteiger partial charge in [-0.2, -0.15) is 0 Å². The molecule has 0 saturated carbocycles. The van der Waals surface area contributed by atoms with Crippen LogP contribution >= 0.6 is 0 Å². The van der Waals surface area contributed by atoms with Crippen molar-refractivity contribution in [2.24, 2.45) is 0 Å². The molecule has 136 valence electrons. The number of aromatic nitrogens is 1. The second-order valence-electron chi connectivity index (χ2n) is 6.74. The lowest BCUT2D eigenvalue weighted by Gasteiger charge is -2.29. The van der Waals surface area contributed by atoms with Crippen LogP contribution in [0, 0.1) is 0 Å². The second kappa shape index (κ2) is 7.33. The molecule has 3 heterocycles. The van der Waals surface area contributed by atoms with E-state index >= 15 is 0 Å². The number of carbonyl (C=O) groups is 1. The van der Waals surface area contributed by atoms with Crippen LogP contribution in [-0.4, -0.2) is 55.2 Å². The van der Waals surface area contributed by atoms with E-state index in [2.05, 4.69) is 45.5 Å². The van der Waals surface area contributed by atoms with Gasteiger partial charge in [-0.25, -0.2) is 0 Å². The Morgan fingerprint density at radius 2 is 2.04 bits per heavy atom. The molecule has 0 spiro atoms. The van der Waals surface area contributed by atoms with Crippen LogP contribution in [0.2, 0.25) is 0 Å². The molecule has 2 aliphatic rings. The van der Waals surface area contributed by atoms with Crippen LogP contribution in [0.1, 0.15) is 12.5 Å². The third kappa shape index (κ3) is 3.51. The average Bonchev–Trinajstić information content (AvgIpc) is 2.91. The summed E-state index contributed by atoms with van der Waals surface area (Å²) in [5.74, 6) is 0.0990. The van der Waals surface area contributed by atoms with Crippen LogP contribution in [0.3, 0.4) is 0 Å². The highest BCUT2D eigenvalue weighted by molar-refractivity contribution is 5.75. The molecule has 2 aliphatic heterocycles. The number of nitrogens with zero attached hydrogens (tertiary/aromatic N) is 3. The minimum absolute atomic E-state index is 0.0990. The van der Waals surface area contributed by atoms with Crippen LogP contribution in [0.4, 0.5) is 11.4 Å². The third-order valence-electron chi connectivity index (χ3n) is 5.01. The molecule has 1 fully saturated rings. The van der Waals surface area contributed by atoms with Crippen LogP contribution in [0.15, 0.2) is 36.5 Å². The van der Waals surface area contributed by atoms with Gasteiger partial charge >= 0.3 is 0 Å². The monoisotopic (exact) mass is 352 g/mol. The highest BCUT2D eigenvalue weighted by atomic mass is 16.5. The number of fused-ring (bicyclic) bond motifs is 1. The minimum atomic E-state index is 0.0990. The van der Waals surface area contributed by atoms with E-state index < -0.39 is 0 Å². The van der Waals surface area contributed by atoms with E-state index in [1.54, 1.807) is 6.92 Å². The number of anilines is 2. The molecule has 4 rings (SSSR count). The van der Waals surface area contributed by atoms with Gasteiger partial charge in [0.25, 0.3) is 0 Å². The first kappa shape index (κ1) is 16.8. The Morgan fingerprint density at radius 1 is 1.19 bits per heavy atom. The van der Waals surface area contributed by atoms with E-state index in [-0.39, 0.29) is 5.91 Å². The van der Waals surface area contributed by atoms with Gasteiger partial charge in [-0.05, 0) is 18.2 Å². The summed E-state index contributed by atoms with van der Waals surface area (Å²) in [7, 11) is 0. The van der Waals surface area contributed by atoms with Gasteiger partial charge in [0.2, 0.25) is 5.91 Å². The van der Waals surface area contributed by atoms with E-state index in [0.29, 0.717) is 13.1 Å². The minimum Gasteiger partial charge on any atom is -0.383 e. The van der Waals surface area contributed by atoms with E-state index in [0.717, 1.165) is 55.4 Å². The van der Waals surface area contributed by atoms with Crippen molar-refractivity contribution in [2.75, 3.05) is 49.6 Å².